The van der Waals surface area contributed by atoms with E-state index in [0.29, 0.717) is 0 Å². The number of anilines is 1. The van der Waals surface area contributed by atoms with Crippen LogP contribution in [0.15, 0.2) is 89.4 Å². The predicted octanol–water partition coefficient (Wildman–Crippen LogP) is 5.67. The van der Waals surface area contributed by atoms with E-state index in [9.17, 15) is 9.90 Å². The molecule has 4 nitrogen and oxygen atoms in total. The van der Waals surface area contributed by atoms with Crippen LogP contribution in [0.3, 0.4) is 0 Å². The summed E-state index contributed by atoms with van der Waals surface area (Å²) in [7, 11) is 1.65. The number of allylic oxidation sites excluding steroid dienone is 1. The average Bonchev–Trinajstić information content (AvgIpc) is 2.77. The lowest BCUT2D eigenvalue weighted by Gasteiger charge is -2.46. The normalized spacial score (nSPS) is 18.5. The third kappa shape index (κ3) is 4.12. The summed E-state index contributed by atoms with van der Waals surface area (Å²) in [5.41, 5.74) is 3.02. The fraction of sp³-hybridized carbons (Fsp3) is 0.160. The van der Waals surface area contributed by atoms with Crippen LogP contribution in [0.1, 0.15) is 17.2 Å². The van der Waals surface area contributed by atoms with Crippen LogP contribution in [0.5, 0.6) is 11.5 Å². The summed E-state index contributed by atoms with van der Waals surface area (Å²) in [4.78, 5) is 14.8. The van der Waals surface area contributed by atoms with Crippen molar-refractivity contribution in [2.45, 2.75) is 12.5 Å². The third-order valence-corrected chi connectivity index (χ3v) is 5.87. The molecule has 152 valence electrons. The van der Waals surface area contributed by atoms with Gasteiger partial charge in [-0.3, -0.25) is 4.79 Å². The Morgan fingerprint density at radius 1 is 1.00 bits per heavy atom. The molecule has 2 atom stereocenters. The number of halogens is 1. The SMILES string of the molecule is COc1ccc(C/C=C/[C@H]2C(=O)N(c3ccc(O)cc3)[C@@H]2c2ccc(Br)cc2)cc1. The van der Waals surface area contributed by atoms with Crippen molar-refractivity contribution >= 4 is 27.5 Å². The van der Waals surface area contributed by atoms with Crippen molar-refractivity contribution in [2.75, 3.05) is 12.0 Å². The van der Waals surface area contributed by atoms with E-state index in [2.05, 4.69) is 22.0 Å². The predicted molar refractivity (Wildman–Crippen MR) is 122 cm³/mol. The lowest BCUT2D eigenvalue weighted by atomic mass is 9.81. The molecule has 1 amide bonds. The Bertz CT molecular complexity index is 1040. The first-order valence-corrected chi connectivity index (χ1v) is 10.5. The molecule has 1 fully saturated rings. The first-order chi connectivity index (χ1) is 14.6. The van der Waals surface area contributed by atoms with Gasteiger partial charge >= 0.3 is 0 Å². The number of benzene rings is 3. The Morgan fingerprint density at radius 3 is 2.30 bits per heavy atom. The quantitative estimate of drug-likeness (QED) is 0.378. The fourth-order valence-electron chi connectivity index (χ4n) is 3.73. The summed E-state index contributed by atoms with van der Waals surface area (Å²) in [6.07, 6.45) is 4.82. The zero-order valence-electron chi connectivity index (χ0n) is 16.5. The van der Waals surface area contributed by atoms with E-state index in [-0.39, 0.29) is 23.6 Å². The maximum atomic E-state index is 13.0. The molecule has 0 bridgehead atoms. The lowest BCUT2D eigenvalue weighted by Crippen LogP contribution is -2.54. The zero-order chi connectivity index (χ0) is 21.1. The summed E-state index contributed by atoms with van der Waals surface area (Å²) in [6.45, 7) is 0. The number of aromatic hydroxyl groups is 1. The maximum absolute atomic E-state index is 13.0. The zero-order valence-corrected chi connectivity index (χ0v) is 18.1. The monoisotopic (exact) mass is 463 g/mol. The number of rotatable bonds is 6. The number of hydrogen-bond donors (Lipinski definition) is 1. The highest BCUT2D eigenvalue weighted by atomic mass is 79.9. The minimum atomic E-state index is -0.224. The minimum absolute atomic E-state index is 0.0552. The van der Waals surface area contributed by atoms with Gasteiger partial charge in [0, 0.05) is 10.2 Å². The number of amides is 1. The Balaban J connectivity index is 1.56. The molecule has 1 aliphatic rings. The molecule has 1 saturated heterocycles. The number of methoxy groups -OCH3 is 1. The van der Waals surface area contributed by atoms with Crippen molar-refractivity contribution in [3.63, 3.8) is 0 Å². The van der Waals surface area contributed by atoms with Gasteiger partial charge < -0.3 is 14.7 Å². The molecule has 5 heteroatoms. The van der Waals surface area contributed by atoms with Gasteiger partial charge in [-0.1, -0.05) is 52.3 Å². The van der Waals surface area contributed by atoms with Crippen LogP contribution in [0.25, 0.3) is 0 Å². The standard InChI is InChI=1S/C25H22BrNO3/c1-30-22-15-5-17(6-16-22)3-2-4-23-24(18-7-9-19(26)10-8-18)27(25(23)29)20-11-13-21(28)14-12-20/h2,4-16,23-24,28H,3H2,1H3/b4-2+/t23-,24-/m1/s1. The van der Waals surface area contributed by atoms with Crippen molar-refractivity contribution in [2.24, 2.45) is 5.92 Å². The minimum Gasteiger partial charge on any atom is -0.508 e. The van der Waals surface area contributed by atoms with Crippen molar-refractivity contribution in [3.05, 3.63) is 101 Å². The highest BCUT2D eigenvalue weighted by Crippen LogP contribution is 2.44. The van der Waals surface area contributed by atoms with Crippen LogP contribution in [0.4, 0.5) is 5.69 Å². The highest BCUT2D eigenvalue weighted by Gasteiger charge is 2.47. The van der Waals surface area contributed by atoms with Gasteiger partial charge in [-0.25, -0.2) is 0 Å². The molecule has 3 aromatic carbocycles. The molecule has 0 saturated carbocycles. The van der Waals surface area contributed by atoms with Crippen LogP contribution >= 0.6 is 15.9 Å². The summed E-state index contributed by atoms with van der Waals surface area (Å²) in [6, 6.07) is 22.7. The molecular formula is C25H22BrNO3. The number of phenolic OH excluding ortho intramolecular Hbond substituents is 1. The lowest BCUT2D eigenvalue weighted by molar-refractivity contribution is -0.128. The van der Waals surface area contributed by atoms with Gasteiger partial charge in [0.2, 0.25) is 5.91 Å². The second-order valence-corrected chi connectivity index (χ2v) is 8.14. The second kappa shape index (κ2) is 8.76. The van der Waals surface area contributed by atoms with Gasteiger partial charge in [0.05, 0.1) is 19.1 Å². The number of nitrogens with zero attached hydrogens (tertiary/aromatic N) is 1. The number of β-lactam (4-membered cyclic amide) rings is 1. The fourth-order valence-corrected chi connectivity index (χ4v) is 3.99. The Hall–Kier alpha value is -3.05. The molecule has 0 aliphatic carbocycles. The summed E-state index contributed by atoms with van der Waals surface area (Å²) in [5.74, 6) is 0.845. The van der Waals surface area contributed by atoms with E-state index in [0.717, 1.165) is 33.5 Å². The smallest absolute Gasteiger partial charge is 0.236 e. The maximum Gasteiger partial charge on any atom is 0.236 e. The van der Waals surface area contributed by atoms with Crippen LogP contribution in [0.2, 0.25) is 0 Å². The van der Waals surface area contributed by atoms with E-state index in [1.165, 1.54) is 0 Å². The van der Waals surface area contributed by atoms with Crippen LogP contribution in [0, 0.1) is 5.92 Å². The molecule has 0 aromatic heterocycles. The Labute approximate surface area is 184 Å². The van der Waals surface area contributed by atoms with Crippen molar-refractivity contribution < 1.29 is 14.6 Å². The average molecular weight is 464 g/mol. The van der Waals surface area contributed by atoms with E-state index in [4.69, 9.17) is 4.74 Å². The number of hydrogen-bond acceptors (Lipinski definition) is 3. The molecular weight excluding hydrogens is 442 g/mol. The van der Waals surface area contributed by atoms with Crippen molar-refractivity contribution in [3.8, 4) is 11.5 Å². The van der Waals surface area contributed by atoms with Gasteiger partial charge in [0.15, 0.2) is 0 Å². The van der Waals surface area contributed by atoms with Crippen LogP contribution in [-0.4, -0.2) is 18.1 Å². The molecule has 4 rings (SSSR count). The van der Waals surface area contributed by atoms with Crippen molar-refractivity contribution in [1.82, 2.24) is 0 Å². The van der Waals surface area contributed by atoms with Gasteiger partial charge in [-0.2, -0.15) is 0 Å². The largest absolute Gasteiger partial charge is 0.508 e. The summed E-state index contributed by atoms with van der Waals surface area (Å²) < 4.78 is 6.20. The van der Waals surface area contributed by atoms with E-state index in [1.807, 2.05) is 54.6 Å². The molecule has 1 aliphatic heterocycles. The molecule has 1 N–H and O–H groups in total. The molecule has 0 spiro atoms. The number of carbonyl (C=O) groups is 1. The summed E-state index contributed by atoms with van der Waals surface area (Å²) in [5, 5.41) is 9.59. The van der Waals surface area contributed by atoms with Gasteiger partial charge in [-0.15, -0.1) is 0 Å². The molecule has 3 aromatic rings. The number of carbonyl (C=O) groups excluding carboxylic acids is 1. The third-order valence-electron chi connectivity index (χ3n) is 5.34. The molecule has 0 radical (unpaired) electrons. The topological polar surface area (TPSA) is 49.8 Å². The second-order valence-electron chi connectivity index (χ2n) is 7.23. The summed E-state index contributed by atoms with van der Waals surface area (Å²) >= 11 is 3.48. The van der Waals surface area contributed by atoms with E-state index < -0.39 is 0 Å². The number of phenols is 1. The first-order valence-electron chi connectivity index (χ1n) is 9.74. The van der Waals surface area contributed by atoms with Crippen LogP contribution in [-0.2, 0) is 11.2 Å². The Morgan fingerprint density at radius 2 is 1.67 bits per heavy atom. The van der Waals surface area contributed by atoms with Crippen LogP contribution < -0.4 is 9.64 Å². The van der Waals surface area contributed by atoms with Gasteiger partial charge in [0.1, 0.15) is 11.5 Å². The molecule has 1 heterocycles. The van der Waals surface area contributed by atoms with Gasteiger partial charge in [0.25, 0.3) is 0 Å². The molecule has 30 heavy (non-hydrogen) atoms. The van der Waals surface area contributed by atoms with E-state index >= 15 is 0 Å². The van der Waals surface area contributed by atoms with E-state index in [1.54, 1.807) is 36.3 Å². The first kappa shape index (κ1) is 20.2. The van der Waals surface area contributed by atoms with Gasteiger partial charge in [-0.05, 0) is 66.1 Å². The Kier molecular flexibility index (Phi) is 5.91. The van der Waals surface area contributed by atoms with Crippen molar-refractivity contribution in [1.29, 1.82) is 0 Å². The highest BCUT2D eigenvalue weighted by molar-refractivity contribution is 9.10. The number of ether oxygens (including phenoxy) is 1. The molecule has 0 unspecified atom stereocenters.